The minimum atomic E-state index is -4.39. The van der Waals surface area contributed by atoms with Gasteiger partial charge >= 0.3 is 19.8 Å². The highest BCUT2D eigenvalue weighted by atomic mass is 31.2. The van der Waals surface area contributed by atoms with Crippen molar-refractivity contribution in [2.45, 2.75) is 161 Å². The molecule has 0 saturated heterocycles. The van der Waals surface area contributed by atoms with Crippen LogP contribution in [0, 0.1) is 0 Å². The first-order chi connectivity index (χ1) is 25.8. The Balaban J connectivity index is 4.30. The summed E-state index contributed by atoms with van der Waals surface area (Å²) in [5.74, 6) is -0.906. The van der Waals surface area contributed by atoms with Crippen molar-refractivity contribution in [1.82, 2.24) is 0 Å². The number of carbonyl (C=O) groups excluding carboxylic acids is 2. The summed E-state index contributed by atoms with van der Waals surface area (Å²) in [4.78, 5) is 34.8. The first kappa shape index (κ1) is 50.5. The molecule has 0 aliphatic rings. The van der Waals surface area contributed by atoms with Crippen LogP contribution in [0.2, 0.25) is 0 Å². The normalized spacial score (nSPS) is 14.1. The summed E-state index contributed by atoms with van der Waals surface area (Å²) in [6.45, 7) is 3.50. The molecule has 0 fully saturated rings. The van der Waals surface area contributed by atoms with Crippen LogP contribution >= 0.6 is 7.82 Å². The Morgan fingerprint density at radius 2 is 1.06 bits per heavy atom. The number of rotatable bonds is 37. The van der Waals surface area contributed by atoms with E-state index in [1.807, 2.05) is 6.08 Å². The van der Waals surface area contributed by atoms with Crippen molar-refractivity contribution in [3.05, 3.63) is 72.9 Å². The lowest BCUT2D eigenvalue weighted by molar-refractivity contribution is -0.161. The summed E-state index contributed by atoms with van der Waals surface area (Å²) in [5.41, 5.74) is 5.33. The van der Waals surface area contributed by atoms with Gasteiger partial charge in [-0.15, -0.1) is 0 Å². The van der Waals surface area contributed by atoms with E-state index in [1.165, 1.54) is 57.8 Å². The first-order valence-corrected chi connectivity index (χ1v) is 21.9. The lowest BCUT2D eigenvalue weighted by Gasteiger charge is -2.19. The second-order valence-electron chi connectivity index (χ2n) is 13.1. The van der Waals surface area contributed by atoms with Gasteiger partial charge in [0.2, 0.25) is 0 Å². The molecule has 3 N–H and O–H groups in total. The van der Waals surface area contributed by atoms with Crippen LogP contribution in [-0.4, -0.2) is 49.3 Å². The quantitative estimate of drug-likeness (QED) is 0.0274. The van der Waals surface area contributed by atoms with E-state index in [0.717, 1.165) is 57.8 Å². The van der Waals surface area contributed by atoms with Crippen molar-refractivity contribution in [3.63, 3.8) is 0 Å². The maximum atomic E-state index is 12.5. The topological polar surface area (TPSA) is 134 Å². The second-order valence-corrected chi connectivity index (χ2v) is 14.6. The Labute approximate surface area is 322 Å². The number of allylic oxidation sites excluding steroid dienone is 12. The van der Waals surface area contributed by atoms with Gasteiger partial charge in [0.1, 0.15) is 6.61 Å². The lowest BCUT2D eigenvalue weighted by Crippen LogP contribution is -2.29. The molecule has 0 aromatic heterocycles. The number of hydrogen-bond donors (Lipinski definition) is 2. The van der Waals surface area contributed by atoms with E-state index in [4.69, 9.17) is 24.3 Å². The molecule has 2 atom stereocenters. The molecule has 1 unspecified atom stereocenters. The number of carbonyl (C=O) groups is 2. The molecule has 0 saturated carbocycles. The fourth-order valence-electron chi connectivity index (χ4n) is 5.06. The van der Waals surface area contributed by atoms with Crippen molar-refractivity contribution in [3.8, 4) is 0 Å². The van der Waals surface area contributed by atoms with Crippen LogP contribution in [0.25, 0.3) is 0 Å². The van der Waals surface area contributed by atoms with E-state index >= 15 is 0 Å². The Morgan fingerprint density at radius 1 is 0.585 bits per heavy atom. The van der Waals surface area contributed by atoms with Crippen LogP contribution in [0.15, 0.2) is 72.9 Å². The molecule has 0 heterocycles. The minimum Gasteiger partial charge on any atom is -0.462 e. The molecule has 0 amide bonds. The average molecular weight is 764 g/mol. The first-order valence-electron chi connectivity index (χ1n) is 20.4. The SMILES string of the molecule is CC/C=C/C/C=C/C/C=C/C/C=C/C/C=C/CCCC(=O)O[C@H](COC(=O)CCCCCCCCCCC/C=C/CCCC)COP(=O)(O)OCCN. The second kappa shape index (κ2) is 39.2. The highest BCUT2D eigenvalue weighted by Gasteiger charge is 2.25. The molecule has 0 bridgehead atoms. The van der Waals surface area contributed by atoms with Crippen molar-refractivity contribution in [1.29, 1.82) is 0 Å². The smallest absolute Gasteiger partial charge is 0.462 e. The zero-order valence-corrected chi connectivity index (χ0v) is 34.1. The average Bonchev–Trinajstić information content (AvgIpc) is 3.14. The summed E-state index contributed by atoms with van der Waals surface area (Å²) in [7, 11) is -4.39. The molecular formula is C43H74NO8P. The van der Waals surface area contributed by atoms with Crippen molar-refractivity contribution in [2.75, 3.05) is 26.4 Å². The summed E-state index contributed by atoms with van der Waals surface area (Å²) in [6, 6.07) is 0. The standard InChI is InChI=1S/C43H74NO8P/c1-3-5-7-9-11-13-15-17-19-20-22-24-26-28-30-32-34-36-43(46)52-41(40-51-53(47,48)50-38-37-44)39-49-42(45)35-33-31-29-27-25-23-21-18-16-14-12-10-8-6-4-2/h5,7,10-13,17,19,22,24,28,30,41H,3-4,6,8-9,14-16,18,20-21,23,25-27,29,31-40,44H2,1-2H3,(H,47,48)/b7-5+,12-10+,13-11+,19-17+,24-22+,30-28+/t41-/m1/s1. The van der Waals surface area contributed by atoms with Gasteiger partial charge in [-0.1, -0.05) is 145 Å². The van der Waals surface area contributed by atoms with Crippen LogP contribution in [0.3, 0.4) is 0 Å². The van der Waals surface area contributed by atoms with Gasteiger partial charge in [-0.05, 0) is 70.6 Å². The molecule has 10 heteroatoms. The van der Waals surface area contributed by atoms with Crippen LogP contribution in [0.1, 0.15) is 155 Å². The zero-order chi connectivity index (χ0) is 38.9. The van der Waals surface area contributed by atoms with Crippen LogP contribution in [-0.2, 0) is 32.7 Å². The molecule has 0 radical (unpaired) electrons. The third kappa shape index (κ3) is 39.0. The Kier molecular flexibility index (Phi) is 37.3. The van der Waals surface area contributed by atoms with E-state index in [2.05, 4.69) is 80.7 Å². The highest BCUT2D eigenvalue weighted by molar-refractivity contribution is 7.47. The molecule has 0 aliphatic heterocycles. The third-order valence-electron chi connectivity index (χ3n) is 8.08. The maximum absolute atomic E-state index is 12.5. The Morgan fingerprint density at radius 3 is 1.62 bits per heavy atom. The number of unbranched alkanes of at least 4 members (excludes halogenated alkanes) is 12. The molecule has 9 nitrogen and oxygen atoms in total. The number of phosphoric acid groups is 1. The minimum absolute atomic E-state index is 0.0408. The van der Waals surface area contributed by atoms with E-state index in [0.29, 0.717) is 12.8 Å². The summed E-state index contributed by atoms with van der Waals surface area (Å²) in [6.07, 6.45) is 46.5. The van der Waals surface area contributed by atoms with Crippen LogP contribution in [0.4, 0.5) is 0 Å². The van der Waals surface area contributed by atoms with Gasteiger partial charge in [-0.25, -0.2) is 4.57 Å². The zero-order valence-electron chi connectivity index (χ0n) is 33.2. The highest BCUT2D eigenvalue weighted by Crippen LogP contribution is 2.43. The largest absolute Gasteiger partial charge is 0.472 e. The predicted molar refractivity (Wildman–Crippen MR) is 219 cm³/mol. The van der Waals surface area contributed by atoms with Gasteiger partial charge in [0.15, 0.2) is 6.10 Å². The monoisotopic (exact) mass is 764 g/mol. The molecule has 0 aromatic carbocycles. The van der Waals surface area contributed by atoms with Crippen molar-refractivity contribution in [2.24, 2.45) is 5.73 Å². The fourth-order valence-corrected chi connectivity index (χ4v) is 5.83. The predicted octanol–water partition coefficient (Wildman–Crippen LogP) is 11.5. The summed E-state index contributed by atoms with van der Waals surface area (Å²) < 4.78 is 32.7. The fraction of sp³-hybridized carbons (Fsp3) is 0.674. The van der Waals surface area contributed by atoms with Gasteiger partial charge in [-0.3, -0.25) is 18.6 Å². The molecule has 0 aromatic rings. The van der Waals surface area contributed by atoms with Gasteiger partial charge in [0.25, 0.3) is 0 Å². The van der Waals surface area contributed by atoms with Crippen molar-refractivity contribution < 1.29 is 37.6 Å². The van der Waals surface area contributed by atoms with Crippen LogP contribution < -0.4 is 5.73 Å². The number of esters is 2. The molecule has 304 valence electrons. The van der Waals surface area contributed by atoms with Gasteiger partial charge in [0, 0.05) is 19.4 Å². The van der Waals surface area contributed by atoms with Gasteiger partial charge < -0.3 is 20.1 Å². The summed E-state index contributed by atoms with van der Waals surface area (Å²) >= 11 is 0. The molecule has 53 heavy (non-hydrogen) atoms. The van der Waals surface area contributed by atoms with Gasteiger partial charge in [0.05, 0.1) is 13.2 Å². The van der Waals surface area contributed by atoms with Crippen molar-refractivity contribution >= 4 is 19.8 Å². The number of hydrogen-bond acceptors (Lipinski definition) is 8. The molecule has 0 rings (SSSR count). The van der Waals surface area contributed by atoms with E-state index in [9.17, 15) is 19.0 Å². The summed E-state index contributed by atoms with van der Waals surface area (Å²) in [5, 5.41) is 0. The third-order valence-corrected chi connectivity index (χ3v) is 9.06. The van der Waals surface area contributed by atoms with E-state index in [-0.39, 0.29) is 32.6 Å². The lowest BCUT2D eigenvalue weighted by atomic mass is 10.1. The van der Waals surface area contributed by atoms with E-state index < -0.39 is 32.5 Å². The molecule has 0 aliphatic carbocycles. The van der Waals surface area contributed by atoms with E-state index in [1.54, 1.807) is 0 Å². The number of ether oxygens (including phenoxy) is 2. The Hall–Kier alpha value is -2.55. The van der Waals surface area contributed by atoms with Gasteiger partial charge in [-0.2, -0.15) is 0 Å². The molecular weight excluding hydrogens is 689 g/mol. The Bertz CT molecular complexity index is 1100. The number of phosphoric ester groups is 1. The maximum Gasteiger partial charge on any atom is 0.472 e. The number of nitrogens with two attached hydrogens (primary N) is 1. The van der Waals surface area contributed by atoms with Crippen LogP contribution in [0.5, 0.6) is 0 Å². The molecule has 0 spiro atoms.